The summed E-state index contributed by atoms with van der Waals surface area (Å²) in [6.07, 6.45) is 3.67. The predicted octanol–water partition coefficient (Wildman–Crippen LogP) is 1.85. The zero-order valence-electron chi connectivity index (χ0n) is 14.1. The number of nitrogens with one attached hydrogen (secondary N) is 1. The van der Waals surface area contributed by atoms with E-state index in [-0.39, 0.29) is 11.6 Å². The number of hydrogen-bond acceptors (Lipinski definition) is 5. The second-order valence-corrected chi connectivity index (χ2v) is 6.21. The van der Waals surface area contributed by atoms with Gasteiger partial charge in [0.05, 0.1) is 4.92 Å². The zero-order valence-corrected chi connectivity index (χ0v) is 14.1. The van der Waals surface area contributed by atoms with Crippen molar-refractivity contribution in [2.24, 2.45) is 5.92 Å². The average molecular weight is 343 g/mol. The van der Waals surface area contributed by atoms with Gasteiger partial charge in [0.25, 0.3) is 11.6 Å². The summed E-state index contributed by atoms with van der Waals surface area (Å²) in [5.41, 5.74) is 0.609. The number of nitro benzene ring substituents is 1. The standard InChI is InChI=1S/C17H21N5O3/c1-18-11-13-5-4-9-20(12-13)17(23)14-8-10-21(19-14)15-6-2-3-7-16(15)22(24)25/h2-3,6-8,10,13,18H,4-5,9,11-12H2,1H3. The Morgan fingerprint density at radius 1 is 1.40 bits per heavy atom. The van der Waals surface area contributed by atoms with E-state index < -0.39 is 4.92 Å². The smallest absolute Gasteiger partial charge is 0.294 e. The van der Waals surface area contributed by atoms with Gasteiger partial charge >= 0.3 is 0 Å². The molecule has 1 N–H and O–H groups in total. The van der Waals surface area contributed by atoms with Crippen molar-refractivity contribution in [2.75, 3.05) is 26.7 Å². The van der Waals surface area contributed by atoms with Crippen molar-refractivity contribution in [3.05, 3.63) is 52.3 Å². The highest BCUT2D eigenvalue weighted by molar-refractivity contribution is 5.92. The molecule has 2 heterocycles. The third kappa shape index (κ3) is 3.69. The first-order valence-corrected chi connectivity index (χ1v) is 8.33. The Kier molecular flexibility index (Phi) is 5.08. The topological polar surface area (TPSA) is 93.3 Å². The van der Waals surface area contributed by atoms with Gasteiger partial charge in [-0.2, -0.15) is 5.10 Å². The third-order valence-electron chi connectivity index (χ3n) is 4.43. The maximum atomic E-state index is 12.7. The van der Waals surface area contributed by atoms with Crippen molar-refractivity contribution in [3.8, 4) is 5.69 Å². The van der Waals surface area contributed by atoms with Gasteiger partial charge in [0.1, 0.15) is 5.69 Å². The highest BCUT2D eigenvalue weighted by Crippen LogP contribution is 2.22. The van der Waals surface area contributed by atoms with Gasteiger partial charge in [0.2, 0.25) is 0 Å². The number of carbonyl (C=O) groups is 1. The van der Waals surface area contributed by atoms with Crippen LogP contribution in [0.15, 0.2) is 36.5 Å². The second kappa shape index (κ2) is 7.43. The largest absolute Gasteiger partial charge is 0.337 e. The molecule has 1 aromatic carbocycles. The predicted molar refractivity (Wildman–Crippen MR) is 92.8 cm³/mol. The molecule has 0 spiro atoms. The number of likely N-dealkylation sites (tertiary alicyclic amines) is 1. The highest BCUT2D eigenvalue weighted by Gasteiger charge is 2.26. The van der Waals surface area contributed by atoms with Crippen LogP contribution in [-0.4, -0.2) is 52.2 Å². The minimum absolute atomic E-state index is 0.0448. The van der Waals surface area contributed by atoms with E-state index in [1.165, 1.54) is 10.7 Å². The zero-order chi connectivity index (χ0) is 17.8. The fourth-order valence-corrected chi connectivity index (χ4v) is 3.25. The summed E-state index contributed by atoms with van der Waals surface area (Å²) < 4.78 is 1.39. The number of para-hydroxylation sites is 2. The summed E-state index contributed by atoms with van der Waals surface area (Å²) in [7, 11) is 1.91. The average Bonchev–Trinajstić information content (AvgIpc) is 3.11. The minimum Gasteiger partial charge on any atom is -0.337 e. The quantitative estimate of drug-likeness (QED) is 0.660. The number of piperidine rings is 1. The molecule has 2 aromatic rings. The molecule has 1 aromatic heterocycles. The number of benzene rings is 1. The molecular weight excluding hydrogens is 322 g/mol. The Hall–Kier alpha value is -2.74. The van der Waals surface area contributed by atoms with Gasteiger partial charge in [-0.3, -0.25) is 14.9 Å². The molecule has 0 radical (unpaired) electrons. The van der Waals surface area contributed by atoms with E-state index in [4.69, 9.17) is 0 Å². The van der Waals surface area contributed by atoms with Gasteiger partial charge < -0.3 is 10.2 Å². The Labute approximate surface area is 145 Å². The lowest BCUT2D eigenvalue weighted by molar-refractivity contribution is -0.384. The summed E-state index contributed by atoms with van der Waals surface area (Å²) in [5.74, 6) is 0.318. The van der Waals surface area contributed by atoms with E-state index in [0.29, 0.717) is 23.8 Å². The molecule has 0 saturated carbocycles. The summed E-state index contributed by atoms with van der Waals surface area (Å²) >= 11 is 0. The van der Waals surface area contributed by atoms with E-state index in [9.17, 15) is 14.9 Å². The van der Waals surface area contributed by atoms with E-state index >= 15 is 0 Å². The second-order valence-electron chi connectivity index (χ2n) is 6.21. The maximum absolute atomic E-state index is 12.7. The molecular formula is C17H21N5O3. The monoisotopic (exact) mass is 343 g/mol. The molecule has 1 fully saturated rings. The molecule has 132 valence electrons. The number of amides is 1. The molecule has 1 amide bonds. The van der Waals surface area contributed by atoms with Crippen LogP contribution in [0.5, 0.6) is 0 Å². The molecule has 1 saturated heterocycles. The summed E-state index contributed by atoms with van der Waals surface area (Å²) in [4.78, 5) is 25.2. The fourth-order valence-electron chi connectivity index (χ4n) is 3.25. The number of carbonyl (C=O) groups excluding carboxylic acids is 1. The maximum Gasteiger partial charge on any atom is 0.294 e. The van der Waals surface area contributed by atoms with Crippen molar-refractivity contribution in [3.63, 3.8) is 0 Å². The first kappa shape index (κ1) is 17.1. The molecule has 0 bridgehead atoms. The summed E-state index contributed by atoms with van der Waals surface area (Å²) in [5, 5.41) is 18.6. The van der Waals surface area contributed by atoms with Gasteiger partial charge in [0, 0.05) is 25.4 Å². The Morgan fingerprint density at radius 2 is 2.20 bits per heavy atom. The Balaban J connectivity index is 1.80. The molecule has 25 heavy (non-hydrogen) atoms. The van der Waals surface area contributed by atoms with E-state index in [2.05, 4.69) is 10.4 Å². The van der Waals surface area contributed by atoms with Gasteiger partial charge in [-0.05, 0) is 44.5 Å². The number of nitrogens with zero attached hydrogens (tertiary/aromatic N) is 4. The van der Waals surface area contributed by atoms with Crippen LogP contribution in [0, 0.1) is 16.0 Å². The molecule has 0 aliphatic carbocycles. The Bertz CT molecular complexity index is 771. The minimum atomic E-state index is -0.453. The lowest BCUT2D eigenvalue weighted by Gasteiger charge is -2.32. The van der Waals surface area contributed by atoms with Crippen LogP contribution in [0.3, 0.4) is 0 Å². The van der Waals surface area contributed by atoms with E-state index in [1.807, 2.05) is 11.9 Å². The summed E-state index contributed by atoms with van der Waals surface area (Å²) in [6, 6.07) is 7.96. The van der Waals surface area contributed by atoms with Gasteiger partial charge in [-0.1, -0.05) is 12.1 Å². The summed E-state index contributed by atoms with van der Waals surface area (Å²) in [6.45, 7) is 2.31. The van der Waals surface area contributed by atoms with Crippen LogP contribution in [-0.2, 0) is 0 Å². The highest BCUT2D eigenvalue weighted by atomic mass is 16.6. The van der Waals surface area contributed by atoms with Crippen LogP contribution in [0.25, 0.3) is 5.69 Å². The van der Waals surface area contributed by atoms with Crippen molar-refractivity contribution in [2.45, 2.75) is 12.8 Å². The van der Waals surface area contributed by atoms with Gasteiger partial charge in [-0.15, -0.1) is 0 Å². The lowest BCUT2D eigenvalue weighted by atomic mass is 9.98. The van der Waals surface area contributed by atoms with Gasteiger partial charge in [0.15, 0.2) is 5.69 Å². The molecule has 3 rings (SSSR count). The van der Waals surface area contributed by atoms with E-state index in [1.54, 1.807) is 30.5 Å². The Morgan fingerprint density at radius 3 is 2.96 bits per heavy atom. The number of hydrogen-bond donors (Lipinski definition) is 1. The molecule has 1 atom stereocenters. The number of rotatable bonds is 5. The van der Waals surface area contributed by atoms with Crippen molar-refractivity contribution < 1.29 is 9.72 Å². The molecule has 8 nitrogen and oxygen atoms in total. The molecule has 1 aliphatic rings. The van der Waals surface area contributed by atoms with E-state index in [0.717, 1.165) is 25.9 Å². The van der Waals surface area contributed by atoms with Crippen molar-refractivity contribution in [1.29, 1.82) is 0 Å². The van der Waals surface area contributed by atoms with Crippen LogP contribution in [0.4, 0.5) is 5.69 Å². The van der Waals surface area contributed by atoms with Crippen LogP contribution < -0.4 is 5.32 Å². The molecule has 1 aliphatic heterocycles. The fraction of sp³-hybridized carbons (Fsp3) is 0.412. The first-order chi connectivity index (χ1) is 12.1. The number of nitro groups is 1. The van der Waals surface area contributed by atoms with Crippen molar-refractivity contribution >= 4 is 11.6 Å². The SMILES string of the molecule is CNCC1CCCN(C(=O)c2ccn(-c3ccccc3[N+](=O)[O-])n2)C1. The van der Waals surface area contributed by atoms with Crippen LogP contribution in [0.1, 0.15) is 23.3 Å². The number of aromatic nitrogens is 2. The lowest BCUT2D eigenvalue weighted by Crippen LogP contribution is -2.42. The first-order valence-electron chi connectivity index (χ1n) is 8.33. The third-order valence-corrected chi connectivity index (χ3v) is 4.43. The van der Waals surface area contributed by atoms with Gasteiger partial charge in [-0.25, -0.2) is 4.68 Å². The van der Waals surface area contributed by atoms with Crippen molar-refractivity contribution in [1.82, 2.24) is 20.0 Å². The molecule has 8 heteroatoms. The van der Waals surface area contributed by atoms with Crippen LogP contribution in [0.2, 0.25) is 0 Å². The normalized spacial score (nSPS) is 17.5. The van der Waals surface area contributed by atoms with Crippen LogP contribution >= 0.6 is 0 Å². The molecule has 1 unspecified atom stereocenters.